The van der Waals surface area contributed by atoms with E-state index >= 15 is 0 Å². The summed E-state index contributed by atoms with van der Waals surface area (Å²) in [6.07, 6.45) is 5.36. The van der Waals surface area contributed by atoms with E-state index in [1.54, 1.807) is 0 Å². The Kier molecular flexibility index (Phi) is 2.30. The zero-order chi connectivity index (χ0) is 12.5. The van der Waals surface area contributed by atoms with Crippen molar-refractivity contribution in [3.8, 4) is 0 Å². The van der Waals surface area contributed by atoms with Gasteiger partial charge < -0.3 is 9.84 Å². The summed E-state index contributed by atoms with van der Waals surface area (Å²) in [4.78, 5) is 0. The Bertz CT molecular complexity index is 340. The van der Waals surface area contributed by atoms with Gasteiger partial charge in [0.2, 0.25) is 0 Å². The molecule has 0 aromatic heterocycles. The van der Waals surface area contributed by atoms with E-state index in [1.807, 2.05) is 0 Å². The second-order valence-electron chi connectivity index (χ2n) is 7.47. The second kappa shape index (κ2) is 3.27. The third-order valence-electron chi connectivity index (χ3n) is 6.19. The molecule has 2 heterocycles. The van der Waals surface area contributed by atoms with E-state index < -0.39 is 0 Å². The van der Waals surface area contributed by atoms with Crippen molar-refractivity contribution >= 4 is 0 Å². The molecule has 2 saturated heterocycles. The molecule has 3 unspecified atom stereocenters. The number of hydrogen-bond donors (Lipinski definition) is 1. The molecule has 2 aliphatic heterocycles. The zero-order valence-electron chi connectivity index (χ0n) is 11.6. The highest BCUT2D eigenvalue weighted by molar-refractivity contribution is 5.18. The number of aliphatic hydroxyl groups excluding tert-OH is 1. The minimum Gasteiger partial charge on any atom is -0.390 e. The molecule has 3 rings (SSSR count). The Balaban J connectivity index is 2.03. The Labute approximate surface area is 105 Å². The second-order valence-corrected chi connectivity index (χ2v) is 7.47. The first-order valence-corrected chi connectivity index (χ1v) is 7.21. The van der Waals surface area contributed by atoms with Crippen molar-refractivity contribution in [2.75, 3.05) is 0 Å². The highest BCUT2D eigenvalue weighted by Crippen LogP contribution is 2.67. The average Bonchev–Trinajstić information content (AvgIpc) is 2.68. The molecule has 0 aromatic carbocycles. The number of ether oxygens (including phenoxy) is 1. The molecule has 3 aliphatic rings. The molecule has 0 amide bonds. The third kappa shape index (κ3) is 1.29. The first-order chi connectivity index (χ1) is 7.83. The third-order valence-corrected chi connectivity index (χ3v) is 6.19. The van der Waals surface area contributed by atoms with Crippen molar-refractivity contribution in [2.24, 2.45) is 17.3 Å². The molecule has 17 heavy (non-hydrogen) atoms. The summed E-state index contributed by atoms with van der Waals surface area (Å²) in [7, 11) is 0. The van der Waals surface area contributed by atoms with Gasteiger partial charge in [-0.2, -0.15) is 0 Å². The largest absolute Gasteiger partial charge is 0.390 e. The maximum atomic E-state index is 10.4. The Morgan fingerprint density at radius 1 is 1.18 bits per heavy atom. The van der Waals surface area contributed by atoms with Crippen LogP contribution in [0.5, 0.6) is 0 Å². The fraction of sp³-hybridized carbons (Fsp3) is 1.00. The molecule has 1 aliphatic carbocycles. The van der Waals surface area contributed by atoms with E-state index in [9.17, 15) is 5.11 Å². The van der Waals surface area contributed by atoms with Crippen LogP contribution < -0.4 is 0 Å². The predicted molar refractivity (Wildman–Crippen MR) is 67.7 cm³/mol. The lowest BCUT2D eigenvalue weighted by molar-refractivity contribution is -0.246. The summed E-state index contributed by atoms with van der Waals surface area (Å²) in [5.74, 6) is 1.37. The Morgan fingerprint density at radius 2 is 1.88 bits per heavy atom. The highest BCUT2D eigenvalue weighted by atomic mass is 16.5. The average molecular weight is 238 g/mol. The minimum atomic E-state index is -0.269. The van der Waals surface area contributed by atoms with Gasteiger partial charge in [0.05, 0.1) is 17.3 Å². The van der Waals surface area contributed by atoms with Crippen LogP contribution in [0.4, 0.5) is 0 Å². The van der Waals surface area contributed by atoms with Gasteiger partial charge in [-0.1, -0.05) is 20.8 Å². The molecule has 5 atom stereocenters. The van der Waals surface area contributed by atoms with Gasteiger partial charge >= 0.3 is 0 Å². The van der Waals surface area contributed by atoms with Gasteiger partial charge in [0.15, 0.2) is 0 Å². The first-order valence-electron chi connectivity index (χ1n) is 7.21. The van der Waals surface area contributed by atoms with Gasteiger partial charge in [-0.15, -0.1) is 0 Å². The molecule has 2 bridgehead atoms. The summed E-state index contributed by atoms with van der Waals surface area (Å²) in [5, 5.41) is 10.4. The first kappa shape index (κ1) is 12.0. The van der Waals surface area contributed by atoms with Crippen LogP contribution in [0.25, 0.3) is 0 Å². The molecule has 0 aromatic rings. The molecule has 1 N–H and O–H groups in total. The lowest BCUT2D eigenvalue weighted by Crippen LogP contribution is -2.58. The topological polar surface area (TPSA) is 29.5 Å². The van der Waals surface area contributed by atoms with Crippen LogP contribution >= 0.6 is 0 Å². The van der Waals surface area contributed by atoms with Crippen molar-refractivity contribution in [3.63, 3.8) is 0 Å². The Hall–Kier alpha value is -0.0800. The fourth-order valence-electron chi connectivity index (χ4n) is 5.03. The summed E-state index contributed by atoms with van der Waals surface area (Å²) >= 11 is 0. The SMILES string of the molecule is CC(C)C1CCC2(C)C[C@@H](O)[C@]3(C)CCC12O3. The lowest BCUT2D eigenvalue weighted by atomic mass is 9.66. The van der Waals surface area contributed by atoms with Crippen LogP contribution in [0, 0.1) is 17.3 Å². The molecule has 2 nitrogen and oxygen atoms in total. The lowest BCUT2D eigenvalue weighted by Gasteiger charge is -2.52. The standard InChI is InChI=1S/C15H26O2/c1-10(2)11-5-6-13(3)9-12(16)14(4)7-8-15(11,13)17-14/h10-12,16H,5-9H2,1-4H3/t11?,12-,13?,14+,15?/m1/s1. The van der Waals surface area contributed by atoms with Gasteiger partial charge in [0.25, 0.3) is 0 Å². The van der Waals surface area contributed by atoms with Crippen molar-refractivity contribution in [2.45, 2.75) is 77.1 Å². The van der Waals surface area contributed by atoms with Gasteiger partial charge in [0, 0.05) is 0 Å². The number of aliphatic hydroxyl groups is 1. The quantitative estimate of drug-likeness (QED) is 0.760. The normalized spacial score (nSPS) is 57.5. The van der Waals surface area contributed by atoms with E-state index in [0.717, 1.165) is 19.3 Å². The molecule has 0 radical (unpaired) electrons. The monoisotopic (exact) mass is 238 g/mol. The summed E-state index contributed by atoms with van der Waals surface area (Å²) < 4.78 is 6.54. The van der Waals surface area contributed by atoms with Gasteiger partial charge in [-0.25, -0.2) is 0 Å². The molecule has 98 valence electrons. The molecule has 3 fully saturated rings. The Morgan fingerprint density at radius 3 is 2.53 bits per heavy atom. The number of rotatable bonds is 1. The summed E-state index contributed by atoms with van der Waals surface area (Å²) in [5.41, 5.74) is 0.00347. The maximum absolute atomic E-state index is 10.4. The fourth-order valence-corrected chi connectivity index (χ4v) is 5.03. The van der Waals surface area contributed by atoms with E-state index in [0.29, 0.717) is 11.8 Å². The summed E-state index contributed by atoms with van der Waals surface area (Å²) in [6, 6.07) is 0. The van der Waals surface area contributed by atoms with Crippen LogP contribution in [0.3, 0.4) is 0 Å². The van der Waals surface area contributed by atoms with Crippen molar-refractivity contribution in [3.05, 3.63) is 0 Å². The molecule has 1 saturated carbocycles. The zero-order valence-corrected chi connectivity index (χ0v) is 11.6. The van der Waals surface area contributed by atoms with Gasteiger partial charge in [0.1, 0.15) is 0 Å². The van der Waals surface area contributed by atoms with E-state index in [-0.39, 0.29) is 22.7 Å². The van der Waals surface area contributed by atoms with Crippen LogP contribution in [0.2, 0.25) is 0 Å². The predicted octanol–water partition coefficient (Wildman–Crippen LogP) is 3.13. The van der Waals surface area contributed by atoms with Crippen LogP contribution in [0.1, 0.15) is 59.8 Å². The molecule has 1 spiro atoms. The van der Waals surface area contributed by atoms with Crippen LogP contribution in [-0.4, -0.2) is 22.4 Å². The molecule has 2 heteroatoms. The van der Waals surface area contributed by atoms with Crippen molar-refractivity contribution in [1.29, 1.82) is 0 Å². The van der Waals surface area contributed by atoms with Gasteiger partial charge in [-0.05, 0) is 56.3 Å². The van der Waals surface area contributed by atoms with E-state index in [4.69, 9.17) is 4.74 Å². The summed E-state index contributed by atoms with van der Waals surface area (Å²) in [6.45, 7) is 9.12. The minimum absolute atomic E-state index is 0.0646. The highest BCUT2D eigenvalue weighted by Gasteiger charge is 2.69. The number of hydrogen-bond acceptors (Lipinski definition) is 2. The smallest absolute Gasteiger partial charge is 0.0921 e. The number of fused-ring (bicyclic) bond motifs is 1. The van der Waals surface area contributed by atoms with Crippen molar-refractivity contribution < 1.29 is 9.84 Å². The van der Waals surface area contributed by atoms with Crippen molar-refractivity contribution in [1.82, 2.24) is 0 Å². The van der Waals surface area contributed by atoms with Gasteiger partial charge in [-0.3, -0.25) is 0 Å². The molecular weight excluding hydrogens is 212 g/mol. The van der Waals surface area contributed by atoms with E-state index in [1.165, 1.54) is 12.8 Å². The maximum Gasteiger partial charge on any atom is 0.0921 e. The van der Waals surface area contributed by atoms with Crippen LogP contribution in [-0.2, 0) is 4.74 Å². The molecular formula is C15H26O2. The van der Waals surface area contributed by atoms with E-state index in [2.05, 4.69) is 27.7 Å². The van der Waals surface area contributed by atoms with Crippen LogP contribution in [0.15, 0.2) is 0 Å².